The smallest absolute Gasteiger partial charge is 0.131 e. The molecule has 30 heavy (non-hydrogen) atoms. The van der Waals surface area contributed by atoms with Gasteiger partial charge in [0.2, 0.25) is 0 Å². The molecule has 1 aliphatic carbocycles. The molecule has 0 saturated heterocycles. The summed E-state index contributed by atoms with van der Waals surface area (Å²) in [6.07, 6.45) is 3.39. The third-order valence-electron chi connectivity index (χ3n) is 6.23. The van der Waals surface area contributed by atoms with Crippen LogP contribution in [0.2, 0.25) is 0 Å². The number of hydrogen-bond donors (Lipinski definition) is 0. The van der Waals surface area contributed by atoms with Gasteiger partial charge in [-0.25, -0.2) is 0 Å². The van der Waals surface area contributed by atoms with Crippen LogP contribution in [0.4, 0.5) is 0 Å². The fourth-order valence-corrected chi connectivity index (χ4v) is 4.34. The van der Waals surface area contributed by atoms with Crippen molar-refractivity contribution in [3.05, 3.63) is 57.7 Å². The first-order chi connectivity index (χ1) is 13.6. The normalized spacial score (nSPS) is 14.6. The van der Waals surface area contributed by atoms with Gasteiger partial charge in [-0.2, -0.15) is 0 Å². The van der Waals surface area contributed by atoms with Gasteiger partial charge in [-0.3, -0.25) is 0 Å². The molecular weight excluding hydrogens is 364 g/mol. The zero-order valence-electron chi connectivity index (χ0n) is 21.0. The summed E-state index contributed by atoms with van der Waals surface area (Å²) in [6.45, 7) is 22.9. The third-order valence-corrected chi connectivity index (χ3v) is 6.23. The Bertz CT molecular complexity index is 966. The summed E-state index contributed by atoms with van der Waals surface area (Å²) in [5.41, 5.74) is 10.9. The van der Waals surface area contributed by atoms with Crippen molar-refractivity contribution in [1.29, 1.82) is 0 Å². The van der Waals surface area contributed by atoms with E-state index in [-0.39, 0.29) is 16.2 Å². The van der Waals surface area contributed by atoms with E-state index in [1.807, 2.05) is 7.11 Å². The first-order valence-electron chi connectivity index (χ1n) is 11.2. The summed E-state index contributed by atoms with van der Waals surface area (Å²) in [6, 6.07) is 9.55. The predicted molar refractivity (Wildman–Crippen MR) is 132 cm³/mol. The van der Waals surface area contributed by atoms with Crippen molar-refractivity contribution in [3.63, 3.8) is 0 Å². The molecule has 2 aromatic rings. The molecule has 0 bridgehead atoms. The lowest BCUT2D eigenvalue weighted by atomic mass is 9.77. The van der Waals surface area contributed by atoms with Crippen LogP contribution in [-0.4, -0.2) is 7.11 Å². The van der Waals surface area contributed by atoms with Crippen LogP contribution in [0.3, 0.4) is 0 Å². The zero-order chi connectivity index (χ0) is 22.6. The van der Waals surface area contributed by atoms with E-state index < -0.39 is 0 Å². The Labute approximate surface area is 184 Å². The molecule has 0 amide bonds. The molecule has 1 heteroatoms. The Hall–Kier alpha value is -2.02. The van der Waals surface area contributed by atoms with Crippen LogP contribution in [0, 0.1) is 0 Å². The van der Waals surface area contributed by atoms with Crippen LogP contribution in [-0.2, 0) is 22.7 Å². The van der Waals surface area contributed by atoms with Crippen LogP contribution in [0.25, 0.3) is 17.2 Å². The molecule has 2 aromatic carbocycles. The van der Waals surface area contributed by atoms with Gasteiger partial charge in [-0.15, -0.1) is 0 Å². The van der Waals surface area contributed by atoms with Gasteiger partial charge >= 0.3 is 0 Å². The lowest BCUT2D eigenvalue weighted by molar-refractivity contribution is 0.399. The van der Waals surface area contributed by atoms with E-state index in [2.05, 4.69) is 99.6 Å². The fourth-order valence-electron chi connectivity index (χ4n) is 4.34. The van der Waals surface area contributed by atoms with E-state index in [9.17, 15) is 0 Å². The Morgan fingerprint density at radius 2 is 1.27 bits per heavy atom. The van der Waals surface area contributed by atoms with Crippen LogP contribution in [0.15, 0.2) is 29.8 Å². The third kappa shape index (κ3) is 4.22. The molecule has 0 unspecified atom stereocenters. The standard InChI is InChI=1S/C29H40O/c1-18-12-19-16-24(29(8,9)10)26(30-11)25(23(19)13-18)20-14-21(27(2,3)4)17-22(15-20)28(5,6)7/h13-17H,12H2,1-11H3. The molecular formula is C29H40O. The largest absolute Gasteiger partial charge is 0.496 e. The molecule has 0 fully saturated rings. The average Bonchev–Trinajstić information content (AvgIpc) is 2.97. The second kappa shape index (κ2) is 7.29. The first-order valence-corrected chi connectivity index (χ1v) is 11.2. The van der Waals surface area contributed by atoms with Crippen molar-refractivity contribution in [2.24, 2.45) is 0 Å². The van der Waals surface area contributed by atoms with Crippen LogP contribution >= 0.6 is 0 Å². The van der Waals surface area contributed by atoms with Gasteiger partial charge in [0.1, 0.15) is 5.75 Å². The van der Waals surface area contributed by atoms with E-state index in [4.69, 9.17) is 4.74 Å². The molecule has 1 aliphatic rings. The number of hydrogen-bond acceptors (Lipinski definition) is 1. The van der Waals surface area contributed by atoms with Crippen molar-refractivity contribution in [2.45, 2.75) is 91.9 Å². The van der Waals surface area contributed by atoms with Crippen molar-refractivity contribution in [1.82, 2.24) is 0 Å². The quantitative estimate of drug-likeness (QED) is 0.490. The van der Waals surface area contributed by atoms with Crippen molar-refractivity contribution >= 4 is 6.08 Å². The molecule has 0 atom stereocenters. The zero-order valence-corrected chi connectivity index (χ0v) is 21.0. The monoisotopic (exact) mass is 404 g/mol. The Balaban J connectivity index is 2.45. The minimum absolute atomic E-state index is 0.0140. The molecule has 0 aliphatic heterocycles. The summed E-state index contributed by atoms with van der Waals surface area (Å²) in [7, 11) is 1.82. The van der Waals surface area contributed by atoms with Gasteiger partial charge in [-0.05, 0) is 57.4 Å². The average molecular weight is 405 g/mol. The van der Waals surface area contributed by atoms with E-state index in [1.54, 1.807) is 0 Å². The highest BCUT2D eigenvalue weighted by atomic mass is 16.5. The minimum Gasteiger partial charge on any atom is -0.496 e. The molecule has 0 heterocycles. The lowest BCUT2D eigenvalue weighted by Crippen LogP contribution is -2.17. The summed E-state index contributed by atoms with van der Waals surface area (Å²) in [5, 5.41) is 0. The maximum atomic E-state index is 6.14. The summed E-state index contributed by atoms with van der Waals surface area (Å²) >= 11 is 0. The highest BCUT2D eigenvalue weighted by Crippen LogP contribution is 2.47. The van der Waals surface area contributed by atoms with Gasteiger partial charge < -0.3 is 4.74 Å². The molecule has 0 aromatic heterocycles. The highest BCUT2D eigenvalue weighted by Gasteiger charge is 2.29. The van der Waals surface area contributed by atoms with Gasteiger partial charge in [0.25, 0.3) is 0 Å². The number of benzene rings is 2. The van der Waals surface area contributed by atoms with Gasteiger partial charge in [0, 0.05) is 11.1 Å². The van der Waals surface area contributed by atoms with Gasteiger partial charge in [0.05, 0.1) is 7.11 Å². The molecule has 0 radical (unpaired) electrons. The summed E-state index contributed by atoms with van der Waals surface area (Å²) in [5.74, 6) is 1.03. The first kappa shape index (κ1) is 22.7. The van der Waals surface area contributed by atoms with E-state index in [0.29, 0.717) is 0 Å². The molecule has 1 nitrogen and oxygen atoms in total. The maximum Gasteiger partial charge on any atom is 0.131 e. The van der Waals surface area contributed by atoms with Gasteiger partial charge in [0.15, 0.2) is 0 Å². The van der Waals surface area contributed by atoms with Crippen LogP contribution < -0.4 is 4.74 Å². The Kier molecular flexibility index (Phi) is 5.51. The maximum absolute atomic E-state index is 6.14. The molecule has 3 rings (SSSR count). The second-order valence-corrected chi connectivity index (χ2v) is 12.1. The Morgan fingerprint density at radius 1 is 0.733 bits per heavy atom. The number of ether oxygens (including phenoxy) is 1. The van der Waals surface area contributed by atoms with Crippen molar-refractivity contribution < 1.29 is 4.74 Å². The van der Waals surface area contributed by atoms with E-state index in [0.717, 1.165) is 12.2 Å². The van der Waals surface area contributed by atoms with Crippen molar-refractivity contribution in [2.75, 3.05) is 7.11 Å². The van der Waals surface area contributed by atoms with Crippen LogP contribution in [0.1, 0.15) is 97.1 Å². The van der Waals surface area contributed by atoms with E-state index in [1.165, 1.54) is 44.5 Å². The molecule has 162 valence electrons. The lowest BCUT2D eigenvalue weighted by Gasteiger charge is -2.29. The number of rotatable bonds is 2. The topological polar surface area (TPSA) is 9.23 Å². The molecule has 0 N–H and O–H groups in total. The number of fused-ring (bicyclic) bond motifs is 1. The van der Waals surface area contributed by atoms with E-state index >= 15 is 0 Å². The summed E-state index contributed by atoms with van der Waals surface area (Å²) in [4.78, 5) is 0. The number of methoxy groups -OCH3 is 1. The minimum atomic E-state index is 0.0140. The SMILES string of the molecule is COc1c(C(C)(C)C)cc2c(c1-c1cc(C(C)(C)C)cc(C(C)(C)C)c1)C=C(C)C2. The Morgan fingerprint density at radius 3 is 1.70 bits per heavy atom. The molecule has 0 saturated carbocycles. The van der Waals surface area contributed by atoms with Gasteiger partial charge in [-0.1, -0.05) is 98.2 Å². The van der Waals surface area contributed by atoms with Crippen LogP contribution in [0.5, 0.6) is 5.75 Å². The predicted octanol–water partition coefficient (Wildman–Crippen LogP) is 8.21. The second-order valence-electron chi connectivity index (χ2n) is 12.1. The number of allylic oxidation sites excluding steroid dienone is 1. The van der Waals surface area contributed by atoms with Crippen molar-refractivity contribution in [3.8, 4) is 16.9 Å². The highest BCUT2D eigenvalue weighted by molar-refractivity contribution is 5.87. The molecule has 0 spiro atoms. The summed E-state index contributed by atoms with van der Waals surface area (Å²) < 4.78 is 6.14. The fraction of sp³-hybridized carbons (Fsp3) is 0.517.